The summed E-state index contributed by atoms with van der Waals surface area (Å²) in [4.78, 5) is 18.1. The van der Waals surface area contributed by atoms with Crippen LogP contribution in [0.3, 0.4) is 0 Å². The average molecular weight is 427 g/mol. The second-order valence-corrected chi connectivity index (χ2v) is 10.5. The van der Waals surface area contributed by atoms with Gasteiger partial charge < -0.3 is 14.6 Å². The van der Waals surface area contributed by atoms with Crippen LogP contribution in [0.1, 0.15) is 32.0 Å². The molecule has 0 spiro atoms. The minimum absolute atomic E-state index is 0.274. The van der Waals surface area contributed by atoms with Crippen molar-refractivity contribution in [2.75, 3.05) is 13.1 Å². The zero-order valence-corrected chi connectivity index (χ0v) is 18.3. The molecule has 0 aliphatic carbocycles. The second kappa shape index (κ2) is 7.47. The maximum atomic E-state index is 13.0. The van der Waals surface area contributed by atoms with Crippen molar-refractivity contribution in [1.29, 1.82) is 0 Å². The summed E-state index contributed by atoms with van der Waals surface area (Å²) in [5, 5.41) is 0.896. The second-order valence-electron chi connectivity index (χ2n) is 8.57. The Balaban J connectivity index is 1.65. The quantitative estimate of drug-likeness (QED) is 0.661. The highest BCUT2D eigenvalue weighted by Gasteiger charge is 2.26. The highest BCUT2D eigenvalue weighted by molar-refractivity contribution is 7.91. The zero-order chi connectivity index (χ0) is 21.5. The number of nitrogens with one attached hydrogen (secondary N) is 1. The van der Waals surface area contributed by atoms with E-state index >= 15 is 0 Å². The molecule has 3 aromatic rings. The average Bonchev–Trinajstić information content (AvgIpc) is 2.90. The highest BCUT2D eigenvalue weighted by atomic mass is 32.2. The van der Waals surface area contributed by atoms with Crippen LogP contribution in [0.2, 0.25) is 0 Å². The predicted molar refractivity (Wildman–Crippen MR) is 115 cm³/mol. The lowest BCUT2D eigenvalue weighted by Crippen LogP contribution is -2.38. The summed E-state index contributed by atoms with van der Waals surface area (Å²) < 4.78 is 31.6. The van der Waals surface area contributed by atoms with E-state index in [1.807, 2.05) is 26.8 Å². The minimum Gasteiger partial charge on any atom is -0.444 e. The number of H-pyrrole nitrogens is 1. The van der Waals surface area contributed by atoms with Crippen molar-refractivity contribution in [2.24, 2.45) is 0 Å². The summed E-state index contributed by atoms with van der Waals surface area (Å²) in [6.07, 6.45) is 0.997. The molecule has 158 valence electrons. The van der Waals surface area contributed by atoms with Crippen LogP contribution >= 0.6 is 0 Å². The Kier molecular flexibility index (Phi) is 5.10. The van der Waals surface area contributed by atoms with Gasteiger partial charge >= 0.3 is 6.09 Å². The summed E-state index contributed by atoms with van der Waals surface area (Å²) in [7, 11) is -3.59. The summed E-state index contributed by atoms with van der Waals surface area (Å²) in [5.74, 6) is 0. The third kappa shape index (κ3) is 3.94. The SMILES string of the molecule is CC(C)(C)OC(=O)N1CCc2[nH]c3ccc(S(=O)(=O)c4ccccc4)cc3c2CC1. The number of aromatic nitrogens is 1. The Morgan fingerprint density at radius 1 is 1.00 bits per heavy atom. The zero-order valence-electron chi connectivity index (χ0n) is 17.4. The fourth-order valence-corrected chi connectivity index (χ4v) is 5.11. The van der Waals surface area contributed by atoms with E-state index in [1.54, 1.807) is 47.4 Å². The number of hydrogen-bond acceptors (Lipinski definition) is 4. The van der Waals surface area contributed by atoms with Crippen LogP contribution in [0.4, 0.5) is 4.79 Å². The maximum absolute atomic E-state index is 13.0. The fourth-order valence-electron chi connectivity index (χ4n) is 3.80. The van der Waals surface area contributed by atoms with Crippen molar-refractivity contribution >= 4 is 26.8 Å². The van der Waals surface area contributed by atoms with E-state index in [4.69, 9.17) is 4.74 Å². The topological polar surface area (TPSA) is 79.5 Å². The monoisotopic (exact) mass is 426 g/mol. The van der Waals surface area contributed by atoms with E-state index in [1.165, 1.54) is 0 Å². The Labute approximate surface area is 176 Å². The number of sulfone groups is 1. The number of ether oxygens (including phenoxy) is 1. The van der Waals surface area contributed by atoms with Crippen molar-refractivity contribution < 1.29 is 17.9 Å². The third-order valence-corrected chi connectivity index (χ3v) is 7.01. The van der Waals surface area contributed by atoms with E-state index < -0.39 is 15.4 Å². The molecule has 0 saturated carbocycles. The van der Waals surface area contributed by atoms with Gasteiger partial charge in [-0.1, -0.05) is 18.2 Å². The molecule has 0 unspecified atom stereocenters. The Hall–Kier alpha value is -2.80. The number of fused-ring (bicyclic) bond motifs is 3. The fraction of sp³-hybridized carbons (Fsp3) is 0.348. The molecule has 4 rings (SSSR count). The Morgan fingerprint density at radius 3 is 2.40 bits per heavy atom. The first kappa shape index (κ1) is 20.5. The van der Waals surface area contributed by atoms with Gasteiger partial charge in [-0.2, -0.15) is 0 Å². The van der Waals surface area contributed by atoms with Gasteiger partial charge in [0.15, 0.2) is 0 Å². The van der Waals surface area contributed by atoms with Crippen LogP contribution in [-0.2, 0) is 27.4 Å². The lowest BCUT2D eigenvalue weighted by Gasteiger charge is -2.26. The molecule has 1 aromatic heterocycles. The third-order valence-electron chi connectivity index (χ3n) is 5.24. The molecular weight excluding hydrogens is 400 g/mol. The predicted octanol–water partition coefficient (Wildman–Crippen LogP) is 4.34. The first-order valence-electron chi connectivity index (χ1n) is 10.1. The molecule has 0 saturated heterocycles. The molecule has 2 aromatic carbocycles. The van der Waals surface area contributed by atoms with E-state index in [2.05, 4.69) is 4.98 Å². The Bertz CT molecular complexity index is 1190. The van der Waals surface area contributed by atoms with Crippen molar-refractivity contribution in [3.63, 3.8) is 0 Å². The van der Waals surface area contributed by atoms with Gasteiger partial charge in [-0.05, 0) is 63.1 Å². The number of benzene rings is 2. The van der Waals surface area contributed by atoms with Gasteiger partial charge in [-0.3, -0.25) is 0 Å². The molecule has 0 bridgehead atoms. The van der Waals surface area contributed by atoms with Crippen molar-refractivity contribution in [3.05, 3.63) is 59.8 Å². The van der Waals surface area contributed by atoms with Crippen LogP contribution in [0, 0.1) is 0 Å². The van der Waals surface area contributed by atoms with E-state index in [0.29, 0.717) is 25.9 Å². The van der Waals surface area contributed by atoms with Crippen LogP contribution in [0.15, 0.2) is 58.3 Å². The first-order valence-corrected chi connectivity index (χ1v) is 11.5. The first-order chi connectivity index (χ1) is 14.1. The largest absolute Gasteiger partial charge is 0.444 e. The number of amides is 1. The molecule has 1 aliphatic heterocycles. The van der Waals surface area contributed by atoms with E-state index in [-0.39, 0.29) is 15.9 Å². The number of nitrogens with zero attached hydrogens (tertiary/aromatic N) is 1. The maximum Gasteiger partial charge on any atom is 0.410 e. The van der Waals surface area contributed by atoms with Gasteiger partial charge in [-0.25, -0.2) is 13.2 Å². The standard InChI is InChI=1S/C23H26N2O4S/c1-23(2,3)29-22(26)25-13-11-18-19-15-17(9-10-20(19)24-21(18)12-14-25)30(27,28)16-7-5-4-6-8-16/h4-10,15,24H,11-14H2,1-3H3. The Morgan fingerprint density at radius 2 is 1.70 bits per heavy atom. The highest BCUT2D eigenvalue weighted by Crippen LogP contribution is 2.30. The van der Waals surface area contributed by atoms with Gasteiger partial charge in [0.25, 0.3) is 0 Å². The van der Waals surface area contributed by atoms with Crippen LogP contribution in [0.5, 0.6) is 0 Å². The molecule has 0 radical (unpaired) electrons. The molecule has 1 amide bonds. The van der Waals surface area contributed by atoms with Gasteiger partial charge in [0.05, 0.1) is 9.79 Å². The van der Waals surface area contributed by atoms with Gasteiger partial charge in [-0.15, -0.1) is 0 Å². The summed E-state index contributed by atoms with van der Waals surface area (Å²) >= 11 is 0. The molecule has 0 fully saturated rings. The summed E-state index contributed by atoms with van der Waals surface area (Å²) in [5.41, 5.74) is 2.50. The molecule has 1 N–H and O–H groups in total. The van der Waals surface area contributed by atoms with Crippen molar-refractivity contribution in [1.82, 2.24) is 9.88 Å². The van der Waals surface area contributed by atoms with Crippen LogP contribution < -0.4 is 0 Å². The molecular formula is C23H26N2O4S. The lowest BCUT2D eigenvalue weighted by molar-refractivity contribution is 0.0258. The van der Waals surface area contributed by atoms with Crippen LogP contribution in [-0.4, -0.2) is 43.1 Å². The molecule has 7 heteroatoms. The lowest BCUT2D eigenvalue weighted by atomic mass is 10.1. The van der Waals surface area contributed by atoms with E-state index in [0.717, 1.165) is 22.2 Å². The van der Waals surface area contributed by atoms with Gasteiger partial charge in [0, 0.05) is 36.1 Å². The summed E-state index contributed by atoms with van der Waals surface area (Å²) in [6.45, 7) is 6.66. The van der Waals surface area contributed by atoms with Gasteiger partial charge in [0.1, 0.15) is 5.60 Å². The number of carbonyl (C=O) groups excluding carboxylic acids is 1. The number of hydrogen-bond donors (Lipinski definition) is 1. The number of aromatic amines is 1. The number of carbonyl (C=O) groups is 1. The molecule has 2 heterocycles. The normalized spacial score (nSPS) is 15.0. The van der Waals surface area contributed by atoms with E-state index in [9.17, 15) is 13.2 Å². The summed E-state index contributed by atoms with van der Waals surface area (Å²) in [6, 6.07) is 13.7. The van der Waals surface area contributed by atoms with Crippen molar-refractivity contribution in [3.8, 4) is 0 Å². The minimum atomic E-state index is -3.59. The van der Waals surface area contributed by atoms with Crippen molar-refractivity contribution in [2.45, 2.75) is 49.0 Å². The smallest absolute Gasteiger partial charge is 0.410 e. The number of rotatable bonds is 2. The molecule has 6 nitrogen and oxygen atoms in total. The van der Waals surface area contributed by atoms with Gasteiger partial charge in [0.2, 0.25) is 9.84 Å². The molecule has 1 aliphatic rings. The molecule has 0 atom stereocenters. The molecule has 30 heavy (non-hydrogen) atoms. The van der Waals surface area contributed by atoms with Crippen LogP contribution in [0.25, 0.3) is 10.9 Å².